The lowest BCUT2D eigenvalue weighted by molar-refractivity contribution is 0.188. The normalized spacial score (nSPS) is 12.6. The van der Waals surface area contributed by atoms with Crippen molar-refractivity contribution in [2.75, 3.05) is 11.9 Å². The van der Waals surface area contributed by atoms with Crippen molar-refractivity contribution in [3.05, 3.63) is 24.5 Å². The van der Waals surface area contributed by atoms with Gasteiger partial charge in [0.25, 0.3) is 0 Å². The van der Waals surface area contributed by atoms with Crippen LogP contribution >= 0.6 is 0 Å². The fraction of sp³-hybridized carbons (Fsp3) is 0.364. The molecule has 2 rings (SSSR count). The van der Waals surface area contributed by atoms with Gasteiger partial charge in [0.15, 0.2) is 5.65 Å². The molecular formula is C11H14N4O. The quantitative estimate of drug-likeness (QED) is 0.807. The third-order valence-electron chi connectivity index (χ3n) is 2.20. The summed E-state index contributed by atoms with van der Waals surface area (Å²) in [6.07, 6.45) is 3.66. The van der Waals surface area contributed by atoms with E-state index in [9.17, 15) is 0 Å². The number of aliphatic hydroxyl groups excluding tert-OH is 1. The van der Waals surface area contributed by atoms with Crippen molar-refractivity contribution >= 4 is 17.0 Å². The third kappa shape index (κ3) is 2.64. The van der Waals surface area contributed by atoms with E-state index in [-0.39, 0.29) is 6.10 Å². The summed E-state index contributed by atoms with van der Waals surface area (Å²) in [4.78, 5) is 12.6. The number of hydrogen-bond donors (Lipinski definition) is 2. The lowest BCUT2D eigenvalue weighted by Gasteiger charge is -2.07. The van der Waals surface area contributed by atoms with Crippen molar-refractivity contribution in [2.45, 2.75) is 19.4 Å². The lowest BCUT2D eigenvalue weighted by Crippen LogP contribution is -2.10. The highest BCUT2D eigenvalue weighted by molar-refractivity contribution is 5.71. The maximum Gasteiger partial charge on any atom is 0.180 e. The number of aromatic nitrogens is 3. The molecule has 0 fully saturated rings. The molecule has 2 N–H and O–H groups in total. The van der Waals surface area contributed by atoms with Gasteiger partial charge in [-0.2, -0.15) is 0 Å². The molecule has 1 unspecified atom stereocenters. The fourth-order valence-electron chi connectivity index (χ4n) is 1.36. The topological polar surface area (TPSA) is 70.9 Å². The Labute approximate surface area is 93.6 Å². The van der Waals surface area contributed by atoms with E-state index < -0.39 is 0 Å². The van der Waals surface area contributed by atoms with Gasteiger partial charge in [0.1, 0.15) is 11.3 Å². The van der Waals surface area contributed by atoms with Gasteiger partial charge < -0.3 is 10.4 Å². The summed E-state index contributed by atoms with van der Waals surface area (Å²) in [5.74, 6) is 0.758. The molecule has 0 amide bonds. The summed E-state index contributed by atoms with van der Waals surface area (Å²) < 4.78 is 0. The minimum Gasteiger partial charge on any atom is -0.393 e. The van der Waals surface area contributed by atoms with Crippen LogP contribution in [0.4, 0.5) is 5.82 Å². The summed E-state index contributed by atoms with van der Waals surface area (Å²) in [7, 11) is 0. The summed E-state index contributed by atoms with van der Waals surface area (Å²) >= 11 is 0. The van der Waals surface area contributed by atoms with Crippen LogP contribution in [0, 0.1) is 0 Å². The molecule has 0 aliphatic carbocycles. The Morgan fingerprint density at radius 3 is 2.94 bits per heavy atom. The van der Waals surface area contributed by atoms with Crippen LogP contribution in [0.25, 0.3) is 11.2 Å². The van der Waals surface area contributed by atoms with Crippen molar-refractivity contribution in [3.63, 3.8) is 0 Å². The SMILES string of the molecule is CC(O)CCNc1ccc2nccnc2n1. The van der Waals surface area contributed by atoms with E-state index >= 15 is 0 Å². The molecule has 2 heterocycles. The number of rotatable bonds is 4. The molecule has 5 nitrogen and oxygen atoms in total. The molecule has 5 heteroatoms. The van der Waals surface area contributed by atoms with Crippen LogP contribution in [0.15, 0.2) is 24.5 Å². The van der Waals surface area contributed by atoms with E-state index in [4.69, 9.17) is 5.11 Å². The number of aliphatic hydroxyl groups is 1. The Morgan fingerprint density at radius 1 is 1.31 bits per heavy atom. The van der Waals surface area contributed by atoms with Crippen molar-refractivity contribution in [2.24, 2.45) is 0 Å². The summed E-state index contributed by atoms with van der Waals surface area (Å²) in [6.45, 7) is 2.46. The first-order valence-electron chi connectivity index (χ1n) is 5.25. The molecule has 84 valence electrons. The van der Waals surface area contributed by atoms with Crippen molar-refractivity contribution in [1.29, 1.82) is 0 Å². The van der Waals surface area contributed by atoms with Crippen LogP contribution in [0.5, 0.6) is 0 Å². The van der Waals surface area contributed by atoms with Gasteiger partial charge in [-0.15, -0.1) is 0 Å². The summed E-state index contributed by atoms with van der Waals surface area (Å²) in [5.41, 5.74) is 1.41. The summed E-state index contributed by atoms with van der Waals surface area (Å²) in [5, 5.41) is 12.2. The molecule has 0 bridgehead atoms. The average Bonchev–Trinajstić information content (AvgIpc) is 2.28. The lowest BCUT2D eigenvalue weighted by atomic mass is 10.3. The Hall–Kier alpha value is -1.75. The predicted octanol–water partition coefficient (Wildman–Crippen LogP) is 1.21. The average molecular weight is 218 g/mol. The highest BCUT2D eigenvalue weighted by atomic mass is 16.3. The van der Waals surface area contributed by atoms with Gasteiger partial charge in [0.05, 0.1) is 6.10 Å². The molecule has 16 heavy (non-hydrogen) atoms. The molecule has 1 atom stereocenters. The standard InChI is InChI=1S/C11H14N4O/c1-8(16)4-5-13-10-3-2-9-11(15-10)14-7-6-12-9/h2-3,6-8,16H,4-5H2,1H3,(H,13,14,15). The number of nitrogens with one attached hydrogen (secondary N) is 1. The van der Waals surface area contributed by atoms with Crippen LogP contribution < -0.4 is 5.32 Å². The van der Waals surface area contributed by atoms with Crippen molar-refractivity contribution < 1.29 is 5.11 Å². The van der Waals surface area contributed by atoms with E-state index in [2.05, 4.69) is 20.3 Å². The van der Waals surface area contributed by atoms with Gasteiger partial charge in [0.2, 0.25) is 0 Å². The number of nitrogens with zero attached hydrogens (tertiary/aromatic N) is 3. The minimum absolute atomic E-state index is 0.298. The van der Waals surface area contributed by atoms with Gasteiger partial charge in [-0.25, -0.2) is 9.97 Å². The maximum atomic E-state index is 9.12. The van der Waals surface area contributed by atoms with E-state index in [0.717, 1.165) is 11.3 Å². The van der Waals surface area contributed by atoms with E-state index in [1.54, 1.807) is 19.3 Å². The first kappa shape index (κ1) is 10.8. The van der Waals surface area contributed by atoms with Gasteiger partial charge >= 0.3 is 0 Å². The van der Waals surface area contributed by atoms with Crippen LogP contribution in [-0.4, -0.2) is 32.7 Å². The van der Waals surface area contributed by atoms with Gasteiger partial charge in [-0.1, -0.05) is 0 Å². The Kier molecular flexibility index (Phi) is 3.26. The fourth-order valence-corrected chi connectivity index (χ4v) is 1.36. The highest BCUT2D eigenvalue weighted by Gasteiger charge is 2.00. The first-order chi connectivity index (χ1) is 7.75. The Morgan fingerprint density at radius 2 is 2.12 bits per heavy atom. The van der Waals surface area contributed by atoms with E-state index in [0.29, 0.717) is 18.6 Å². The molecule has 0 aromatic carbocycles. The highest BCUT2D eigenvalue weighted by Crippen LogP contribution is 2.09. The smallest absolute Gasteiger partial charge is 0.180 e. The van der Waals surface area contributed by atoms with Crippen LogP contribution in [0.1, 0.15) is 13.3 Å². The predicted molar refractivity (Wildman–Crippen MR) is 62.1 cm³/mol. The van der Waals surface area contributed by atoms with E-state index in [1.165, 1.54) is 0 Å². The van der Waals surface area contributed by atoms with Gasteiger partial charge in [-0.3, -0.25) is 4.98 Å². The maximum absolute atomic E-state index is 9.12. The Bertz CT molecular complexity index is 472. The number of anilines is 1. The molecule has 0 saturated carbocycles. The molecule has 0 radical (unpaired) electrons. The second kappa shape index (κ2) is 4.85. The number of hydrogen-bond acceptors (Lipinski definition) is 5. The number of pyridine rings is 1. The van der Waals surface area contributed by atoms with Gasteiger partial charge in [-0.05, 0) is 25.5 Å². The van der Waals surface area contributed by atoms with Crippen LogP contribution in [0.2, 0.25) is 0 Å². The van der Waals surface area contributed by atoms with E-state index in [1.807, 2.05) is 12.1 Å². The van der Waals surface area contributed by atoms with Crippen molar-refractivity contribution in [3.8, 4) is 0 Å². The molecule has 0 saturated heterocycles. The minimum atomic E-state index is -0.298. The van der Waals surface area contributed by atoms with Crippen LogP contribution in [0.3, 0.4) is 0 Å². The monoisotopic (exact) mass is 218 g/mol. The molecule has 2 aromatic rings. The second-order valence-corrected chi connectivity index (χ2v) is 3.66. The first-order valence-corrected chi connectivity index (χ1v) is 5.25. The zero-order valence-electron chi connectivity index (χ0n) is 9.09. The molecule has 2 aromatic heterocycles. The molecule has 0 spiro atoms. The zero-order chi connectivity index (χ0) is 11.4. The molecule has 0 aliphatic rings. The second-order valence-electron chi connectivity index (χ2n) is 3.66. The molecular weight excluding hydrogens is 204 g/mol. The Balaban J connectivity index is 2.08. The van der Waals surface area contributed by atoms with Crippen molar-refractivity contribution in [1.82, 2.24) is 15.0 Å². The molecule has 0 aliphatic heterocycles. The largest absolute Gasteiger partial charge is 0.393 e. The van der Waals surface area contributed by atoms with Crippen LogP contribution in [-0.2, 0) is 0 Å². The summed E-state index contributed by atoms with van der Waals surface area (Å²) in [6, 6.07) is 3.74. The third-order valence-corrected chi connectivity index (χ3v) is 2.20. The van der Waals surface area contributed by atoms with Gasteiger partial charge in [0, 0.05) is 18.9 Å². The zero-order valence-corrected chi connectivity index (χ0v) is 9.09. The number of fused-ring (bicyclic) bond motifs is 1.